The summed E-state index contributed by atoms with van der Waals surface area (Å²) in [6, 6.07) is 4.35. The maximum Gasteiger partial charge on any atom is 0.129 e. The van der Waals surface area contributed by atoms with E-state index in [1.807, 2.05) is 0 Å². The summed E-state index contributed by atoms with van der Waals surface area (Å²) in [6.07, 6.45) is 0.861. The molecule has 0 bridgehead atoms. The van der Waals surface area contributed by atoms with E-state index in [2.05, 4.69) is 5.43 Å². The lowest BCUT2D eigenvalue weighted by atomic mass is 9.92. The van der Waals surface area contributed by atoms with Gasteiger partial charge in [-0.1, -0.05) is 17.7 Å². The molecule has 1 aromatic rings. The van der Waals surface area contributed by atoms with E-state index in [1.54, 1.807) is 12.1 Å². The smallest absolute Gasteiger partial charge is 0.129 e. The average molecular weight is 245 g/mol. The molecule has 1 aliphatic heterocycles. The lowest BCUT2D eigenvalue weighted by molar-refractivity contribution is 0.176. The lowest BCUT2D eigenvalue weighted by Gasteiger charge is -2.23. The molecule has 0 radical (unpaired) electrons. The molecule has 16 heavy (non-hydrogen) atoms. The number of ether oxygens (including phenoxy) is 1. The van der Waals surface area contributed by atoms with Crippen LogP contribution in [0, 0.1) is 11.7 Å². The average Bonchev–Trinajstić information content (AvgIpc) is 2.77. The molecular formula is C11H14ClFN2O. The van der Waals surface area contributed by atoms with Crippen LogP contribution in [0.2, 0.25) is 5.02 Å². The highest BCUT2D eigenvalue weighted by Gasteiger charge is 2.29. The molecule has 1 heterocycles. The maximum absolute atomic E-state index is 13.7. The van der Waals surface area contributed by atoms with Crippen LogP contribution >= 0.6 is 11.6 Å². The molecule has 0 spiro atoms. The normalized spacial score (nSPS) is 22.3. The molecule has 5 heteroatoms. The Morgan fingerprint density at radius 2 is 2.38 bits per heavy atom. The molecule has 1 fully saturated rings. The summed E-state index contributed by atoms with van der Waals surface area (Å²) in [5, 5.41) is 0.398. The van der Waals surface area contributed by atoms with Gasteiger partial charge in [0.15, 0.2) is 0 Å². The van der Waals surface area contributed by atoms with Crippen molar-refractivity contribution in [2.45, 2.75) is 12.5 Å². The van der Waals surface area contributed by atoms with Crippen molar-refractivity contribution in [3.63, 3.8) is 0 Å². The van der Waals surface area contributed by atoms with E-state index >= 15 is 0 Å². The zero-order valence-corrected chi connectivity index (χ0v) is 9.51. The predicted octanol–water partition coefficient (Wildman–Crippen LogP) is 2.02. The quantitative estimate of drug-likeness (QED) is 0.632. The van der Waals surface area contributed by atoms with Gasteiger partial charge in [0.25, 0.3) is 0 Å². The van der Waals surface area contributed by atoms with Crippen molar-refractivity contribution in [3.05, 3.63) is 34.6 Å². The Kier molecular flexibility index (Phi) is 3.76. The van der Waals surface area contributed by atoms with Gasteiger partial charge in [0.1, 0.15) is 5.82 Å². The zero-order valence-electron chi connectivity index (χ0n) is 8.75. The van der Waals surface area contributed by atoms with E-state index < -0.39 is 0 Å². The summed E-state index contributed by atoms with van der Waals surface area (Å²) < 4.78 is 19.0. The first-order valence-electron chi connectivity index (χ1n) is 5.22. The topological polar surface area (TPSA) is 47.3 Å². The van der Waals surface area contributed by atoms with Crippen LogP contribution in [0.4, 0.5) is 4.39 Å². The molecule has 3 N–H and O–H groups in total. The van der Waals surface area contributed by atoms with Crippen LogP contribution in [0.3, 0.4) is 0 Å². The minimum absolute atomic E-state index is 0.166. The fourth-order valence-corrected chi connectivity index (χ4v) is 2.36. The van der Waals surface area contributed by atoms with E-state index in [-0.39, 0.29) is 17.8 Å². The van der Waals surface area contributed by atoms with Crippen LogP contribution in [0.15, 0.2) is 18.2 Å². The van der Waals surface area contributed by atoms with Crippen molar-refractivity contribution in [1.82, 2.24) is 5.43 Å². The highest BCUT2D eigenvalue weighted by molar-refractivity contribution is 6.31. The van der Waals surface area contributed by atoms with E-state index in [9.17, 15) is 4.39 Å². The van der Waals surface area contributed by atoms with Crippen LogP contribution in [-0.4, -0.2) is 13.2 Å². The second-order valence-corrected chi connectivity index (χ2v) is 4.31. The van der Waals surface area contributed by atoms with Crippen molar-refractivity contribution in [1.29, 1.82) is 0 Å². The number of rotatable bonds is 3. The molecule has 88 valence electrons. The van der Waals surface area contributed by atoms with Gasteiger partial charge < -0.3 is 4.74 Å². The standard InChI is InChI=1S/C11H14ClFN2O/c12-8-2-1-3-9(13)10(8)11(15-14)7-4-5-16-6-7/h1-3,7,11,15H,4-6,14H2. The number of hydrazine groups is 1. The molecule has 0 aromatic heterocycles. The van der Waals surface area contributed by atoms with Gasteiger partial charge >= 0.3 is 0 Å². The molecule has 2 atom stereocenters. The Balaban J connectivity index is 2.32. The molecule has 0 aliphatic carbocycles. The van der Waals surface area contributed by atoms with Gasteiger partial charge in [0.2, 0.25) is 0 Å². The van der Waals surface area contributed by atoms with Crippen LogP contribution in [0.25, 0.3) is 0 Å². The number of halogens is 2. The summed E-state index contributed by atoms with van der Waals surface area (Å²) in [5.74, 6) is 5.33. The third-order valence-electron chi connectivity index (χ3n) is 2.93. The molecule has 3 nitrogen and oxygen atoms in total. The lowest BCUT2D eigenvalue weighted by Crippen LogP contribution is -2.34. The summed E-state index contributed by atoms with van der Waals surface area (Å²) in [7, 11) is 0. The zero-order chi connectivity index (χ0) is 11.5. The first kappa shape index (κ1) is 11.8. The SMILES string of the molecule is NNC(c1c(F)cccc1Cl)C1CCOC1. The Bertz CT molecular complexity index is 349. The number of hydrogen-bond acceptors (Lipinski definition) is 3. The Morgan fingerprint density at radius 1 is 1.56 bits per heavy atom. The minimum Gasteiger partial charge on any atom is -0.381 e. The minimum atomic E-state index is -0.331. The predicted molar refractivity (Wildman–Crippen MR) is 60.4 cm³/mol. The maximum atomic E-state index is 13.7. The fraction of sp³-hybridized carbons (Fsp3) is 0.455. The first-order valence-corrected chi connectivity index (χ1v) is 5.59. The number of benzene rings is 1. The van der Waals surface area contributed by atoms with Crippen molar-refractivity contribution in [3.8, 4) is 0 Å². The molecule has 1 aromatic carbocycles. The van der Waals surface area contributed by atoms with Crippen molar-refractivity contribution < 1.29 is 9.13 Å². The van der Waals surface area contributed by atoms with Gasteiger partial charge in [-0.2, -0.15) is 0 Å². The fourth-order valence-electron chi connectivity index (χ4n) is 2.08. The Hall–Kier alpha value is -0.680. The summed E-state index contributed by atoms with van der Waals surface area (Å²) in [5.41, 5.74) is 3.07. The van der Waals surface area contributed by atoms with Crippen LogP contribution in [0.1, 0.15) is 18.0 Å². The monoisotopic (exact) mass is 244 g/mol. The van der Waals surface area contributed by atoms with Crippen LogP contribution in [-0.2, 0) is 4.74 Å². The highest BCUT2D eigenvalue weighted by Crippen LogP contribution is 2.33. The summed E-state index contributed by atoms with van der Waals surface area (Å²) in [4.78, 5) is 0. The van der Waals surface area contributed by atoms with Gasteiger partial charge in [-0.05, 0) is 18.6 Å². The number of hydrogen-bond donors (Lipinski definition) is 2. The molecule has 0 saturated carbocycles. The van der Waals surface area contributed by atoms with Crippen LogP contribution < -0.4 is 11.3 Å². The highest BCUT2D eigenvalue weighted by atomic mass is 35.5. The first-order chi connectivity index (χ1) is 7.74. The van der Waals surface area contributed by atoms with Crippen molar-refractivity contribution in [2.75, 3.05) is 13.2 Å². The Morgan fingerprint density at radius 3 is 2.94 bits per heavy atom. The summed E-state index contributed by atoms with van der Waals surface area (Å²) in [6.45, 7) is 1.27. The van der Waals surface area contributed by atoms with Gasteiger partial charge in [-0.3, -0.25) is 11.3 Å². The van der Waals surface area contributed by atoms with Crippen molar-refractivity contribution >= 4 is 11.6 Å². The largest absolute Gasteiger partial charge is 0.381 e. The Labute approximate surface area is 98.7 Å². The van der Waals surface area contributed by atoms with Crippen LogP contribution in [0.5, 0.6) is 0 Å². The van der Waals surface area contributed by atoms with Gasteiger partial charge in [0, 0.05) is 23.1 Å². The van der Waals surface area contributed by atoms with E-state index in [1.165, 1.54) is 6.07 Å². The molecule has 0 amide bonds. The second-order valence-electron chi connectivity index (χ2n) is 3.90. The third-order valence-corrected chi connectivity index (χ3v) is 3.26. The molecule has 2 rings (SSSR count). The molecule has 1 saturated heterocycles. The van der Waals surface area contributed by atoms with E-state index in [0.29, 0.717) is 23.8 Å². The van der Waals surface area contributed by atoms with Crippen molar-refractivity contribution in [2.24, 2.45) is 11.8 Å². The molecular weight excluding hydrogens is 231 g/mol. The third kappa shape index (κ3) is 2.20. The van der Waals surface area contributed by atoms with Gasteiger partial charge in [-0.25, -0.2) is 4.39 Å². The van der Waals surface area contributed by atoms with E-state index in [4.69, 9.17) is 22.2 Å². The van der Waals surface area contributed by atoms with Gasteiger partial charge in [-0.15, -0.1) is 0 Å². The molecule has 1 aliphatic rings. The summed E-state index contributed by atoms with van der Waals surface area (Å²) >= 11 is 6.01. The van der Waals surface area contributed by atoms with Gasteiger partial charge in [0.05, 0.1) is 12.6 Å². The second kappa shape index (κ2) is 5.10. The molecule has 2 unspecified atom stereocenters. The number of nitrogens with one attached hydrogen (secondary N) is 1. The number of nitrogens with two attached hydrogens (primary N) is 1. The van der Waals surface area contributed by atoms with E-state index in [0.717, 1.165) is 6.42 Å².